The van der Waals surface area contributed by atoms with Crippen LogP contribution in [0.1, 0.15) is 53.4 Å². The molecule has 0 radical (unpaired) electrons. The van der Waals surface area contributed by atoms with Gasteiger partial charge in [0, 0.05) is 28.3 Å². The molecule has 2 aromatic carbocycles. The summed E-state index contributed by atoms with van der Waals surface area (Å²) in [4.78, 5) is 24.3. The Morgan fingerprint density at radius 2 is 1.62 bits per heavy atom. The van der Waals surface area contributed by atoms with Gasteiger partial charge in [0.2, 0.25) is 0 Å². The predicted molar refractivity (Wildman–Crippen MR) is 130 cm³/mol. The molecule has 1 aromatic heterocycles. The number of benzene rings is 2. The number of rotatable bonds is 5. The number of hydrazone groups is 1. The van der Waals surface area contributed by atoms with Crippen molar-refractivity contribution in [3.05, 3.63) is 82.2 Å². The Bertz CT molecular complexity index is 1170. The molecule has 0 bridgehead atoms. The maximum Gasteiger partial charge on any atom is 0.329 e. The third-order valence-corrected chi connectivity index (χ3v) is 5.49. The fourth-order valence-electron chi connectivity index (χ4n) is 3.60. The van der Waals surface area contributed by atoms with Crippen LogP contribution >= 0.6 is 0 Å². The summed E-state index contributed by atoms with van der Waals surface area (Å²) >= 11 is 0. The number of nitrogens with zero attached hydrogens (tertiary/aromatic N) is 2. The molecular formula is C26H30N4O2. The molecule has 2 amide bonds. The Labute approximate surface area is 189 Å². The largest absolute Gasteiger partial charge is 0.329 e. The number of nitrogens with one attached hydrogen (secondary N) is 2. The molecule has 0 aliphatic rings. The number of aryl methyl sites for hydroxylation is 3. The molecule has 0 spiro atoms. The van der Waals surface area contributed by atoms with E-state index in [2.05, 4.69) is 66.3 Å². The maximum atomic E-state index is 12.2. The monoisotopic (exact) mass is 430 g/mol. The third-order valence-electron chi connectivity index (χ3n) is 5.49. The molecule has 2 N–H and O–H groups in total. The molecule has 0 unspecified atom stereocenters. The fraction of sp³-hybridized carbons (Fsp3) is 0.269. The molecule has 0 saturated carbocycles. The van der Waals surface area contributed by atoms with Crippen LogP contribution in [0.25, 0.3) is 5.69 Å². The minimum atomic E-state index is -0.822. The zero-order valence-electron chi connectivity index (χ0n) is 19.5. The second kappa shape index (κ2) is 9.64. The lowest BCUT2D eigenvalue weighted by molar-refractivity contribution is -0.136. The van der Waals surface area contributed by atoms with Crippen molar-refractivity contribution in [1.82, 2.24) is 9.99 Å². The van der Waals surface area contributed by atoms with Crippen molar-refractivity contribution in [2.75, 3.05) is 5.32 Å². The van der Waals surface area contributed by atoms with Crippen molar-refractivity contribution in [3.8, 4) is 5.69 Å². The average molecular weight is 431 g/mol. The molecule has 0 atom stereocenters. The lowest BCUT2D eigenvalue weighted by atomic mass is 10.0. The summed E-state index contributed by atoms with van der Waals surface area (Å²) in [6.45, 7) is 12.4. The first-order chi connectivity index (χ1) is 15.2. The molecule has 6 heteroatoms. The Kier molecular flexibility index (Phi) is 6.93. The van der Waals surface area contributed by atoms with E-state index in [9.17, 15) is 9.59 Å². The quantitative estimate of drug-likeness (QED) is 0.342. The van der Waals surface area contributed by atoms with Crippen molar-refractivity contribution in [1.29, 1.82) is 0 Å². The van der Waals surface area contributed by atoms with Gasteiger partial charge in [-0.05, 0) is 74.6 Å². The van der Waals surface area contributed by atoms with Crippen molar-refractivity contribution < 1.29 is 9.59 Å². The van der Waals surface area contributed by atoms with Crippen LogP contribution in [0.15, 0.2) is 53.6 Å². The first-order valence-electron chi connectivity index (χ1n) is 10.7. The van der Waals surface area contributed by atoms with E-state index in [1.807, 2.05) is 32.0 Å². The van der Waals surface area contributed by atoms with Gasteiger partial charge >= 0.3 is 11.8 Å². The molecule has 166 valence electrons. The van der Waals surface area contributed by atoms with Gasteiger partial charge in [-0.2, -0.15) is 5.10 Å². The molecule has 0 aliphatic heterocycles. The molecule has 3 rings (SSSR count). The maximum absolute atomic E-state index is 12.2. The molecule has 0 saturated heterocycles. The predicted octanol–water partition coefficient (Wildman–Crippen LogP) is 4.92. The van der Waals surface area contributed by atoms with Gasteiger partial charge in [0.05, 0.1) is 6.21 Å². The van der Waals surface area contributed by atoms with Gasteiger partial charge < -0.3 is 9.88 Å². The number of anilines is 1. The van der Waals surface area contributed by atoms with E-state index in [-0.39, 0.29) is 0 Å². The molecule has 1 heterocycles. The standard InChI is InChI=1S/C26H30N4O2/c1-16(2)21-9-11-23(12-10-21)28-25(31)26(32)29-27-15-22-14-19(5)30(20(22)6)24-13-17(3)7-8-18(24)4/h7-16H,1-6H3,(H,28,31)(H,29,32)/b27-15-. The average Bonchev–Trinajstić information content (AvgIpc) is 3.03. The van der Waals surface area contributed by atoms with Crippen LogP contribution in [-0.2, 0) is 9.59 Å². The normalized spacial score (nSPS) is 11.2. The third kappa shape index (κ3) is 5.14. The molecule has 0 aliphatic carbocycles. The van der Waals surface area contributed by atoms with Crippen LogP contribution in [0.3, 0.4) is 0 Å². The van der Waals surface area contributed by atoms with Crippen LogP contribution in [0.2, 0.25) is 0 Å². The number of amides is 2. The van der Waals surface area contributed by atoms with Crippen LogP contribution in [0.5, 0.6) is 0 Å². The molecule has 3 aromatic rings. The first-order valence-corrected chi connectivity index (χ1v) is 10.7. The summed E-state index contributed by atoms with van der Waals surface area (Å²) in [5, 5.41) is 6.58. The summed E-state index contributed by atoms with van der Waals surface area (Å²) < 4.78 is 2.17. The highest BCUT2D eigenvalue weighted by atomic mass is 16.2. The van der Waals surface area contributed by atoms with Crippen LogP contribution in [0, 0.1) is 27.7 Å². The Hall–Kier alpha value is -3.67. The second-order valence-electron chi connectivity index (χ2n) is 8.38. The smallest absolute Gasteiger partial charge is 0.318 e. The van der Waals surface area contributed by atoms with Crippen molar-refractivity contribution >= 4 is 23.7 Å². The molecule has 6 nitrogen and oxygen atoms in total. The SMILES string of the molecule is Cc1ccc(C)c(-n2c(C)cc(/C=N\NC(=O)C(=O)Nc3ccc(C(C)C)cc3)c2C)c1. The minimum absolute atomic E-state index is 0.397. The van der Waals surface area contributed by atoms with Gasteiger partial charge in [0.25, 0.3) is 0 Å². The summed E-state index contributed by atoms with van der Waals surface area (Å²) in [6, 6.07) is 15.8. The van der Waals surface area contributed by atoms with Gasteiger partial charge in [0.15, 0.2) is 0 Å². The Balaban J connectivity index is 1.67. The molecular weight excluding hydrogens is 400 g/mol. The van der Waals surface area contributed by atoms with Gasteiger partial charge in [0.1, 0.15) is 0 Å². The van der Waals surface area contributed by atoms with Crippen LogP contribution in [0.4, 0.5) is 5.69 Å². The van der Waals surface area contributed by atoms with E-state index in [0.717, 1.165) is 28.2 Å². The summed E-state index contributed by atoms with van der Waals surface area (Å²) in [6.07, 6.45) is 1.56. The second-order valence-corrected chi connectivity index (χ2v) is 8.38. The highest BCUT2D eigenvalue weighted by Gasteiger charge is 2.14. The van der Waals surface area contributed by atoms with E-state index in [1.165, 1.54) is 11.1 Å². The number of hydrogen-bond acceptors (Lipinski definition) is 3. The van der Waals surface area contributed by atoms with Crippen molar-refractivity contribution in [2.45, 2.75) is 47.5 Å². The Morgan fingerprint density at radius 3 is 2.28 bits per heavy atom. The number of aromatic nitrogens is 1. The lowest BCUT2D eigenvalue weighted by Crippen LogP contribution is -2.32. The van der Waals surface area contributed by atoms with Gasteiger partial charge in [-0.15, -0.1) is 0 Å². The number of carbonyl (C=O) groups is 2. The van der Waals surface area contributed by atoms with E-state index in [4.69, 9.17) is 0 Å². The Morgan fingerprint density at radius 1 is 0.938 bits per heavy atom. The molecule has 32 heavy (non-hydrogen) atoms. The van der Waals surface area contributed by atoms with Gasteiger partial charge in [-0.3, -0.25) is 9.59 Å². The zero-order valence-corrected chi connectivity index (χ0v) is 19.5. The van der Waals surface area contributed by atoms with E-state index < -0.39 is 11.8 Å². The zero-order chi connectivity index (χ0) is 23.4. The highest BCUT2D eigenvalue weighted by molar-refractivity contribution is 6.39. The summed E-state index contributed by atoms with van der Waals surface area (Å²) in [5.41, 5.74) is 10.4. The summed E-state index contributed by atoms with van der Waals surface area (Å²) in [5.74, 6) is -1.19. The van der Waals surface area contributed by atoms with E-state index in [0.29, 0.717) is 11.6 Å². The molecule has 0 fully saturated rings. The van der Waals surface area contributed by atoms with Gasteiger partial charge in [-0.1, -0.05) is 38.1 Å². The fourth-order valence-corrected chi connectivity index (χ4v) is 3.60. The van der Waals surface area contributed by atoms with Crippen LogP contribution < -0.4 is 10.7 Å². The first kappa shape index (κ1) is 23.0. The lowest BCUT2D eigenvalue weighted by Gasteiger charge is -2.13. The topological polar surface area (TPSA) is 75.5 Å². The van der Waals surface area contributed by atoms with Crippen molar-refractivity contribution in [3.63, 3.8) is 0 Å². The minimum Gasteiger partial charge on any atom is -0.318 e. The summed E-state index contributed by atoms with van der Waals surface area (Å²) in [7, 11) is 0. The van der Waals surface area contributed by atoms with Crippen molar-refractivity contribution in [2.24, 2.45) is 5.10 Å². The van der Waals surface area contributed by atoms with E-state index >= 15 is 0 Å². The highest BCUT2D eigenvalue weighted by Crippen LogP contribution is 2.23. The number of carbonyl (C=O) groups excluding carboxylic acids is 2. The number of hydrogen-bond donors (Lipinski definition) is 2. The van der Waals surface area contributed by atoms with Crippen LogP contribution in [-0.4, -0.2) is 22.6 Å². The van der Waals surface area contributed by atoms with E-state index in [1.54, 1.807) is 18.3 Å². The van der Waals surface area contributed by atoms with Gasteiger partial charge in [-0.25, -0.2) is 5.43 Å².